The van der Waals surface area contributed by atoms with E-state index in [1.165, 1.54) is 180 Å². The van der Waals surface area contributed by atoms with Crippen molar-refractivity contribution in [3.8, 4) is 0 Å². The highest BCUT2D eigenvalue weighted by molar-refractivity contribution is 5.80. The van der Waals surface area contributed by atoms with Gasteiger partial charge in [0.2, 0.25) is 5.91 Å². The van der Waals surface area contributed by atoms with Crippen LogP contribution in [-0.4, -0.2) is 57.3 Å². The van der Waals surface area contributed by atoms with Crippen LogP contribution in [0.15, 0.2) is 60.8 Å². The van der Waals surface area contributed by atoms with Gasteiger partial charge in [-0.25, -0.2) is 0 Å². The van der Waals surface area contributed by atoms with E-state index in [0.717, 1.165) is 57.8 Å². The van der Waals surface area contributed by atoms with Gasteiger partial charge in [0.1, 0.15) is 12.2 Å². The molecule has 1 amide bonds. The topological polar surface area (TPSA) is 110 Å². The normalized spacial score (nSPS) is 14.3. The Kier molecular flexibility index (Phi) is 50.4. The van der Waals surface area contributed by atoms with Gasteiger partial charge in [0.15, 0.2) is 0 Å². The summed E-state index contributed by atoms with van der Waals surface area (Å²) in [4.78, 5) is 12.5. The van der Waals surface area contributed by atoms with Crippen molar-refractivity contribution in [2.24, 2.45) is 0 Å². The van der Waals surface area contributed by atoms with Crippen LogP contribution in [0, 0.1) is 0 Å². The number of carbonyl (C=O) groups excluding carboxylic acids is 1. The molecule has 0 fully saturated rings. The molecule has 4 unspecified atom stereocenters. The fraction of sp³-hybridized carbons (Fsp3) is 0.810. The van der Waals surface area contributed by atoms with E-state index in [-0.39, 0.29) is 0 Å². The lowest BCUT2D eigenvalue weighted by Crippen LogP contribution is -2.53. The lowest BCUT2D eigenvalue weighted by atomic mass is 10.00. The van der Waals surface area contributed by atoms with Gasteiger partial charge in [-0.1, -0.05) is 241 Å². The van der Waals surface area contributed by atoms with Gasteiger partial charge in [-0.3, -0.25) is 4.79 Å². The van der Waals surface area contributed by atoms with E-state index in [1.54, 1.807) is 0 Å². The summed E-state index contributed by atoms with van der Waals surface area (Å²) in [6.45, 7) is 3.83. The van der Waals surface area contributed by atoms with Crippen molar-refractivity contribution in [1.29, 1.82) is 0 Å². The predicted molar refractivity (Wildman–Crippen MR) is 279 cm³/mol. The number of nitrogens with one attached hydrogen (secondary N) is 1. The Hall–Kier alpha value is -1.99. The van der Waals surface area contributed by atoms with Crippen LogP contribution in [0.3, 0.4) is 0 Å². The molecule has 0 rings (SSSR count). The fourth-order valence-electron chi connectivity index (χ4n) is 8.42. The van der Waals surface area contributed by atoms with Crippen LogP contribution >= 0.6 is 0 Å². The van der Waals surface area contributed by atoms with Crippen LogP contribution in [-0.2, 0) is 4.79 Å². The third kappa shape index (κ3) is 45.2. The van der Waals surface area contributed by atoms with Crippen LogP contribution < -0.4 is 5.32 Å². The minimum absolute atomic E-state index is 0.357. The van der Waals surface area contributed by atoms with Gasteiger partial charge in [-0.05, 0) is 90.4 Å². The summed E-state index contributed by atoms with van der Waals surface area (Å²) in [7, 11) is 0. The van der Waals surface area contributed by atoms with Crippen molar-refractivity contribution >= 4 is 5.91 Å². The lowest BCUT2D eigenvalue weighted by molar-refractivity contribution is -0.132. The highest BCUT2D eigenvalue weighted by Gasteiger charge is 2.28. The maximum Gasteiger partial charge on any atom is 0.249 e. The molecule has 0 heterocycles. The van der Waals surface area contributed by atoms with E-state index in [1.807, 2.05) is 6.92 Å². The standard InChI is InChI=1S/C58H107NO5/c1-3-5-7-9-11-13-15-17-18-19-20-21-22-23-24-25-26-27-28-29-30-31-32-33-34-35-36-37-38-39-40-42-44-46-48-50-52-56(62)58(64)59-54(53-60)57(63)55(61)51-49-47-45-43-41-16-14-12-10-8-6-4-2/h4,6,12,14,24-25,27-28,43,45,54-57,60-63H,3,5,7-11,13,15-23,26,29-42,44,46-53H2,1-2H3,(H,59,64)/b6-4+,14-12+,25-24-,28-27-,45-43+. The SMILES string of the molecule is C/C=C/CC/C=C/CC/C=C/CCCC(O)C(O)C(CO)NC(=O)C(O)CCCCCCCCCCCCCCCCCC/C=C\C/C=C\CCCCCCCCCCCCCCC. The van der Waals surface area contributed by atoms with Gasteiger partial charge < -0.3 is 25.7 Å². The molecule has 0 aromatic carbocycles. The summed E-state index contributed by atoms with van der Waals surface area (Å²) in [5.41, 5.74) is 0. The van der Waals surface area contributed by atoms with E-state index < -0.39 is 36.9 Å². The van der Waals surface area contributed by atoms with Gasteiger partial charge in [0.05, 0.1) is 18.8 Å². The van der Waals surface area contributed by atoms with Crippen LogP contribution in [0.25, 0.3) is 0 Å². The molecule has 0 spiro atoms. The molecule has 0 aromatic heterocycles. The zero-order chi connectivity index (χ0) is 46.7. The second-order valence-corrected chi connectivity index (χ2v) is 18.9. The van der Waals surface area contributed by atoms with Crippen LogP contribution in [0.5, 0.6) is 0 Å². The molecular formula is C58H107NO5. The first-order chi connectivity index (χ1) is 31.5. The Morgan fingerprint density at radius 2 is 0.766 bits per heavy atom. The molecule has 0 aliphatic carbocycles. The maximum atomic E-state index is 12.5. The summed E-state index contributed by atoms with van der Waals surface area (Å²) in [5, 5.41) is 43.7. The number of amides is 1. The van der Waals surface area contributed by atoms with Crippen molar-refractivity contribution in [1.82, 2.24) is 5.32 Å². The van der Waals surface area contributed by atoms with Gasteiger partial charge in [0.25, 0.3) is 0 Å². The van der Waals surface area contributed by atoms with Crippen LogP contribution in [0.1, 0.15) is 271 Å². The zero-order valence-electron chi connectivity index (χ0n) is 42.3. The van der Waals surface area contributed by atoms with E-state index in [4.69, 9.17) is 0 Å². The Bertz CT molecular complexity index is 1100. The van der Waals surface area contributed by atoms with Crippen molar-refractivity contribution < 1.29 is 25.2 Å². The molecule has 0 saturated heterocycles. The Balaban J connectivity index is 3.57. The third-order valence-electron chi connectivity index (χ3n) is 12.8. The molecule has 6 nitrogen and oxygen atoms in total. The Morgan fingerprint density at radius 3 is 1.17 bits per heavy atom. The fourth-order valence-corrected chi connectivity index (χ4v) is 8.42. The number of allylic oxidation sites excluding steroid dienone is 10. The molecule has 0 radical (unpaired) electrons. The summed E-state index contributed by atoms with van der Waals surface area (Å²) < 4.78 is 0. The highest BCUT2D eigenvalue weighted by atomic mass is 16.3. The van der Waals surface area contributed by atoms with Crippen molar-refractivity contribution in [3.63, 3.8) is 0 Å². The van der Waals surface area contributed by atoms with Crippen LogP contribution in [0.4, 0.5) is 0 Å². The maximum absolute atomic E-state index is 12.5. The molecule has 374 valence electrons. The number of carbonyl (C=O) groups is 1. The molecular weight excluding hydrogens is 791 g/mol. The summed E-state index contributed by atoms with van der Waals surface area (Å²) in [6, 6.07) is -1.01. The second-order valence-electron chi connectivity index (χ2n) is 18.9. The van der Waals surface area contributed by atoms with Crippen molar-refractivity contribution in [3.05, 3.63) is 60.8 Å². The molecule has 6 heteroatoms. The summed E-state index contributed by atoms with van der Waals surface area (Å²) >= 11 is 0. The van der Waals surface area contributed by atoms with Gasteiger partial charge in [-0.15, -0.1) is 0 Å². The number of hydrogen-bond donors (Lipinski definition) is 5. The highest BCUT2D eigenvalue weighted by Crippen LogP contribution is 2.17. The van der Waals surface area contributed by atoms with E-state index in [2.05, 4.69) is 73.0 Å². The Labute approximate surface area is 397 Å². The first kappa shape index (κ1) is 62.0. The summed E-state index contributed by atoms with van der Waals surface area (Å²) in [5.74, 6) is -0.601. The molecule has 0 bridgehead atoms. The number of aliphatic hydroxyl groups is 4. The minimum atomic E-state index is -1.29. The van der Waals surface area contributed by atoms with Crippen molar-refractivity contribution in [2.75, 3.05) is 6.61 Å². The molecule has 0 aliphatic heterocycles. The first-order valence-electron chi connectivity index (χ1n) is 27.6. The number of rotatable bonds is 50. The molecule has 64 heavy (non-hydrogen) atoms. The first-order valence-corrected chi connectivity index (χ1v) is 27.6. The number of aliphatic hydroxyl groups excluding tert-OH is 4. The summed E-state index contributed by atoms with van der Waals surface area (Å²) in [6.07, 6.45) is 67.5. The molecule has 5 N–H and O–H groups in total. The predicted octanol–water partition coefficient (Wildman–Crippen LogP) is 16.0. The van der Waals surface area contributed by atoms with Gasteiger partial charge in [-0.2, -0.15) is 0 Å². The Morgan fingerprint density at radius 1 is 0.422 bits per heavy atom. The minimum Gasteiger partial charge on any atom is -0.394 e. The zero-order valence-corrected chi connectivity index (χ0v) is 42.3. The monoisotopic (exact) mass is 898 g/mol. The quantitative estimate of drug-likeness (QED) is 0.0309. The van der Waals surface area contributed by atoms with Crippen molar-refractivity contribution in [2.45, 2.75) is 295 Å². The smallest absolute Gasteiger partial charge is 0.249 e. The van der Waals surface area contributed by atoms with E-state index >= 15 is 0 Å². The lowest BCUT2D eigenvalue weighted by Gasteiger charge is -2.27. The van der Waals surface area contributed by atoms with Gasteiger partial charge >= 0.3 is 0 Å². The number of hydrogen-bond acceptors (Lipinski definition) is 5. The average Bonchev–Trinajstić information content (AvgIpc) is 3.30. The van der Waals surface area contributed by atoms with Crippen LogP contribution in [0.2, 0.25) is 0 Å². The van der Waals surface area contributed by atoms with E-state index in [0.29, 0.717) is 19.3 Å². The molecule has 0 aromatic rings. The second kappa shape index (κ2) is 52.0. The van der Waals surface area contributed by atoms with E-state index in [9.17, 15) is 25.2 Å². The largest absolute Gasteiger partial charge is 0.394 e. The average molecular weight is 898 g/mol. The third-order valence-corrected chi connectivity index (χ3v) is 12.8. The van der Waals surface area contributed by atoms with Gasteiger partial charge in [0, 0.05) is 0 Å². The molecule has 4 atom stereocenters. The molecule has 0 aliphatic rings. The number of unbranched alkanes of at least 4 members (excludes halogenated alkanes) is 32. The molecule has 0 saturated carbocycles.